The molecule has 1 fully saturated rings. The van der Waals surface area contributed by atoms with Crippen LogP contribution in [0.4, 0.5) is 35.4 Å². The van der Waals surface area contributed by atoms with Gasteiger partial charge in [-0.15, -0.1) is 0 Å². The maximum atomic E-state index is 13.8. The number of fused-ring (bicyclic) bond motifs is 1. The average Bonchev–Trinajstić information content (AvgIpc) is 3.36. The van der Waals surface area contributed by atoms with E-state index in [4.69, 9.17) is 4.74 Å². The normalized spacial score (nSPS) is 16.6. The minimum Gasteiger partial charge on any atom is -0.444 e. The highest BCUT2D eigenvalue weighted by molar-refractivity contribution is 6.04. The highest BCUT2D eigenvalue weighted by atomic mass is 19.4. The molecular formula is C22H20F3N7O3. The molecule has 0 spiro atoms. The van der Waals surface area contributed by atoms with Gasteiger partial charge in [-0.05, 0) is 18.9 Å². The smallest absolute Gasteiger partial charge is 0.434 e. The van der Waals surface area contributed by atoms with Crippen LogP contribution in [0.1, 0.15) is 34.5 Å². The van der Waals surface area contributed by atoms with Crippen LogP contribution in [0.15, 0.2) is 42.7 Å². The Labute approximate surface area is 197 Å². The third kappa shape index (κ3) is 4.48. The van der Waals surface area contributed by atoms with Crippen LogP contribution in [-0.4, -0.2) is 51.3 Å². The zero-order chi connectivity index (χ0) is 24.6. The van der Waals surface area contributed by atoms with Crippen molar-refractivity contribution in [2.45, 2.75) is 31.7 Å². The van der Waals surface area contributed by atoms with Crippen LogP contribution in [0, 0.1) is 0 Å². The lowest BCUT2D eigenvalue weighted by Crippen LogP contribution is -2.49. The van der Waals surface area contributed by atoms with E-state index in [1.165, 1.54) is 12.3 Å². The van der Waals surface area contributed by atoms with Gasteiger partial charge in [-0.2, -0.15) is 18.3 Å². The summed E-state index contributed by atoms with van der Waals surface area (Å²) in [5, 5.41) is 8.45. The molecule has 2 aliphatic rings. The van der Waals surface area contributed by atoms with Crippen LogP contribution in [0.3, 0.4) is 0 Å². The molecule has 4 heterocycles. The summed E-state index contributed by atoms with van der Waals surface area (Å²) >= 11 is 0. The molecular weight excluding hydrogens is 467 g/mol. The van der Waals surface area contributed by atoms with Crippen molar-refractivity contribution in [2.24, 2.45) is 0 Å². The van der Waals surface area contributed by atoms with E-state index in [1.54, 1.807) is 9.80 Å². The Hall–Kier alpha value is -4.16. The van der Waals surface area contributed by atoms with Crippen molar-refractivity contribution in [3.63, 3.8) is 0 Å². The number of amides is 2. The first kappa shape index (κ1) is 22.6. The number of cyclic esters (lactones) is 1. The number of H-pyrrole nitrogens is 1. The van der Waals surface area contributed by atoms with Crippen molar-refractivity contribution in [1.29, 1.82) is 0 Å². The lowest BCUT2D eigenvalue weighted by Gasteiger charge is -2.40. The number of aromatic nitrogens is 4. The second kappa shape index (κ2) is 8.89. The van der Waals surface area contributed by atoms with Crippen molar-refractivity contribution < 1.29 is 27.5 Å². The van der Waals surface area contributed by atoms with Crippen LogP contribution < -0.4 is 15.1 Å². The van der Waals surface area contributed by atoms with E-state index in [-0.39, 0.29) is 24.4 Å². The number of piperidine rings is 1. The zero-order valence-corrected chi connectivity index (χ0v) is 18.2. The molecule has 182 valence electrons. The number of nitrogens with zero attached hydrogens (tertiary/aromatic N) is 5. The molecule has 0 aliphatic carbocycles. The SMILES string of the molecule is O=C(Nc1cc[nH]n1)c1cnc(N2CCC(N3C(=O)OCc4ccccc43)CC2)nc1C(F)(F)F. The quantitative estimate of drug-likeness (QED) is 0.578. The molecule has 2 aliphatic heterocycles. The van der Waals surface area contributed by atoms with Gasteiger partial charge in [-0.1, -0.05) is 18.2 Å². The van der Waals surface area contributed by atoms with Crippen molar-refractivity contribution in [2.75, 3.05) is 28.2 Å². The van der Waals surface area contributed by atoms with Gasteiger partial charge in [0.25, 0.3) is 5.91 Å². The Morgan fingerprint density at radius 3 is 2.66 bits per heavy atom. The molecule has 1 aromatic carbocycles. The van der Waals surface area contributed by atoms with E-state index >= 15 is 0 Å². The highest BCUT2D eigenvalue weighted by Crippen LogP contribution is 2.34. The Morgan fingerprint density at radius 1 is 1.17 bits per heavy atom. The third-order valence-electron chi connectivity index (χ3n) is 5.94. The molecule has 0 saturated carbocycles. The van der Waals surface area contributed by atoms with Gasteiger partial charge < -0.3 is 15.0 Å². The second-order valence-corrected chi connectivity index (χ2v) is 8.12. The van der Waals surface area contributed by atoms with E-state index in [2.05, 4.69) is 25.5 Å². The number of halogens is 3. The number of carbonyl (C=O) groups is 2. The summed E-state index contributed by atoms with van der Waals surface area (Å²) in [7, 11) is 0. The van der Waals surface area contributed by atoms with Crippen molar-refractivity contribution in [3.05, 3.63) is 59.5 Å². The first-order valence-electron chi connectivity index (χ1n) is 10.9. The summed E-state index contributed by atoms with van der Waals surface area (Å²) in [4.78, 5) is 35.8. The first-order valence-corrected chi connectivity index (χ1v) is 10.9. The molecule has 0 bridgehead atoms. The Bertz CT molecular complexity index is 1240. The molecule has 13 heteroatoms. The molecule has 0 atom stereocenters. The highest BCUT2D eigenvalue weighted by Gasteiger charge is 2.39. The largest absolute Gasteiger partial charge is 0.444 e. The van der Waals surface area contributed by atoms with Gasteiger partial charge in [0.1, 0.15) is 6.61 Å². The van der Waals surface area contributed by atoms with E-state index in [0.29, 0.717) is 25.9 Å². The number of anilines is 3. The molecule has 35 heavy (non-hydrogen) atoms. The summed E-state index contributed by atoms with van der Waals surface area (Å²) in [5.74, 6) is -1.07. The fourth-order valence-corrected chi connectivity index (χ4v) is 4.27. The molecule has 2 N–H and O–H groups in total. The van der Waals surface area contributed by atoms with Crippen LogP contribution in [-0.2, 0) is 17.5 Å². The number of carbonyl (C=O) groups excluding carboxylic acids is 2. The van der Waals surface area contributed by atoms with Crippen LogP contribution in [0.2, 0.25) is 0 Å². The topological polar surface area (TPSA) is 116 Å². The third-order valence-corrected chi connectivity index (χ3v) is 5.94. The monoisotopic (exact) mass is 487 g/mol. The predicted molar refractivity (Wildman–Crippen MR) is 118 cm³/mol. The first-order chi connectivity index (χ1) is 16.8. The number of nitrogens with one attached hydrogen (secondary N) is 2. The van der Waals surface area contributed by atoms with Gasteiger partial charge in [0.15, 0.2) is 11.5 Å². The summed E-state index contributed by atoms with van der Waals surface area (Å²) in [5.41, 5.74) is -0.348. The van der Waals surface area contributed by atoms with Crippen LogP contribution in [0.25, 0.3) is 0 Å². The Morgan fingerprint density at radius 2 is 1.94 bits per heavy atom. The zero-order valence-electron chi connectivity index (χ0n) is 18.2. The number of para-hydroxylation sites is 1. The molecule has 2 aromatic heterocycles. The summed E-state index contributed by atoms with van der Waals surface area (Å²) < 4.78 is 46.6. The maximum absolute atomic E-state index is 13.8. The minimum absolute atomic E-state index is 0.0760. The number of ether oxygens (including phenoxy) is 1. The average molecular weight is 487 g/mol. The molecule has 10 nitrogen and oxygen atoms in total. The Balaban J connectivity index is 1.33. The van der Waals surface area contributed by atoms with Gasteiger partial charge in [0, 0.05) is 43.2 Å². The number of hydrogen-bond donors (Lipinski definition) is 2. The second-order valence-electron chi connectivity index (χ2n) is 8.12. The molecule has 1 saturated heterocycles. The number of aromatic amines is 1. The lowest BCUT2D eigenvalue weighted by atomic mass is 10.0. The Kier molecular flexibility index (Phi) is 5.75. The standard InChI is InChI=1S/C22H20F3N7O3/c23-22(24,25)18-15(19(33)28-17-5-8-27-30-17)11-26-20(29-18)31-9-6-14(7-10-31)32-16-4-2-1-3-13(16)12-35-21(32)34/h1-5,8,11,14H,6-7,9-10,12H2,(H2,27,28,30,33). The van der Waals surface area contributed by atoms with E-state index in [0.717, 1.165) is 17.4 Å². The molecule has 0 radical (unpaired) electrons. The van der Waals surface area contributed by atoms with Gasteiger partial charge in [-0.3, -0.25) is 14.8 Å². The van der Waals surface area contributed by atoms with E-state index in [1.807, 2.05) is 24.3 Å². The number of hydrogen-bond acceptors (Lipinski definition) is 7. The summed E-state index contributed by atoms with van der Waals surface area (Å²) in [6.45, 7) is 0.859. The number of alkyl halides is 3. The molecule has 2 amide bonds. The fourth-order valence-electron chi connectivity index (χ4n) is 4.27. The van der Waals surface area contributed by atoms with Crippen LogP contribution in [0.5, 0.6) is 0 Å². The van der Waals surface area contributed by atoms with E-state index in [9.17, 15) is 22.8 Å². The van der Waals surface area contributed by atoms with Crippen LogP contribution >= 0.6 is 0 Å². The molecule has 0 unspecified atom stereocenters. The minimum atomic E-state index is -4.87. The lowest BCUT2D eigenvalue weighted by molar-refractivity contribution is -0.141. The van der Waals surface area contributed by atoms with Crippen molar-refractivity contribution in [1.82, 2.24) is 20.2 Å². The molecule has 5 rings (SSSR count). The van der Waals surface area contributed by atoms with Crippen molar-refractivity contribution >= 4 is 29.5 Å². The van der Waals surface area contributed by atoms with Gasteiger partial charge >= 0.3 is 12.3 Å². The van der Waals surface area contributed by atoms with Gasteiger partial charge in [-0.25, -0.2) is 14.8 Å². The molecule has 3 aromatic rings. The number of rotatable bonds is 4. The van der Waals surface area contributed by atoms with Gasteiger partial charge in [0.05, 0.1) is 11.3 Å². The van der Waals surface area contributed by atoms with Gasteiger partial charge in [0.2, 0.25) is 5.95 Å². The van der Waals surface area contributed by atoms with E-state index < -0.39 is 29.4 Å². The predicted octanol–water partition coefficient (Wildman–Crippen LogP) is 3.60. The fraction of sp³-hybridized carbons (Fsp3) is 0.318. The van der Waals surface area contributed by atoms with Crippen molar-refractivity contribution in [3.8, 4) is 0 Å². The maximum Gasteiger partial charge on any atom is 0.434 e. The summed E-state index contributed by atoms with van der Waals surface area (Å²) in [6, 6.07) is 8.68. The summed E-state index contributed by atoms with van der Waals surface area (Å²) in [6.07, 6.45) is -2.05. The number of benzene rings is 1.